The summed E-state index contributed by atoms with van der Waals surface area (Å²) in [7, 11) is 0. The second kappa shape index (κ2) is 4.54. The van der Waals surface area contributed by atoms with E-state index in [4.69, 9.17) is 0 Å². The Morgan fingerprint density at radius 2 is 1.78 bits per heavy atom. The van der Waals surface area contributed by atoms with Gasteiger partial charge in [0.15, 0.2) is 0 Å². The fourth-order valence-electron chi connectivity index (χ4n) is 4.32. The molecular formula is C18H18N2O3. The molecule has 3 aliphatic heterocycles. The van der Waals surface area contributed by atoms with Crippen LogP contribution in [0.15, 0.2) is 42.5 Å². The van der Waals surface area contributed by atoms with Crippen LogP contribution in [0.3, 0.4) is 0 Å². The zero-order chi connectivity index (χ0) is 16.4. The number of rotatable bonds is 2. The van der Waals surface area contributed by atoms with Gasteiger partial charge in [0.05, 0.1) is 29.0 Å². The van der Waals surface area contributed by atoms with Gasteiger partial charge in [-0.1, -0.05) is 30.4 Å². The third-order valence-electron chi connectivity index (χ3n) is 5.44. The molecule has 3 amide bonds. The number of hydrogen-bond acceptors (Lipinski definition) is 3. The molecule has 23 heavy (non-hydrogen) atoms. The molecule has 5 heteroatoms. The third kappa shape index (κ3) is 1.59. The molecule has 118 valence electrons. The molecule has 2 fully saturated rings. The van der Waals surface area contributed by atoms with Crippen LogP contribution in [0.5, 0.6) is 0 Å². The van der Waals surface area contributed by atoms with Crippen molar-refractivity contribution in [1.82, 2.24) is 4.90 Å². The highest BCUT2D eigenvalue weighted by atomic mass is 16.2. The van der Waals surface area contributed by atoms with E-state index in [0.717, 1.165) is 0 Å². The molecule has 5 nitrogen and oxygen atoms in total. The molecule has 1 aromatic rings. The molecule has 0 aromatic heterocycles. The minimum atomic E-state index is -0.925. The smallest absolute Gasteiger partial charge is 0.240 e. The fraction of sp³-hybridized carbons (Fsp3) is 0.389. The quantitative estimate of drug-likeness (QED) is 0.616. The number of piperidine rings is 1. The lowest BCUT2D eigenvalue weighted by molar-refractivity contribution is -0.158. The van der Waals surface area contributed by atoms with Crippen LogP contribution in [0.4, 0.5) is 5.69 Å². The van der Waals surface area contributed by atoms with E-state index in [9.17, 15) is 14.4 Å². The van der Waals surface area contributed by atoms with Crippen LogP contribution in [0.25, 0.3) is 0 Å². The molecule has 4 aliphatic rings. The van der Waals surface area contributed by atoms with Gasteiger partial charge in [-0.2, -0.15) is 0 Å². The number of hydrogen-bond donors (Lipinski definition) is 0. The van der Waals surface area contributed by atoms with E-state index < -0.39 is 17.3 Å². The first-order valence-electron chi connectivity index (χ1n) is 7.94. The molecule has 2 bridgehead atoms. The summed E-state index contributed by atoms with van der Waals surface area (Å²) < 4.78 is 0. The van der Waals surface area contributed by atoms with Crippen molar-refractivity contribution < 1.29 is 14.4 Å². The Morgan fingerprint density at radius 1 is 1.09 bits per heavy atom. The van der Waals surface area contributed by atoms with Crippen molar-refractivity contribution in [1.29, 1.82) is 0 Å². The van der Waals surface area contributed by atoms with Crippen LogP contribution in [-0.4, -0.2) is 35.2 Å². The second-order valence-corrected chi connectivity index (χ2v) is 6.57. The normalized spacial score (nSPS) is 35.2. The van der Waals surface area contributed by atoms with E-state index >= 15 is 0 Å². The number of para-hydroxylation sites is 1. The van der Waals surface area contributed by atoms with Crippen LogP contribution in [0, 0.1) is 17.3 Å². The van der Waals surface area contributed by atoms with Crippen molar-refractivity contribution in [2.24, 2.45) is 17.3 Å². The first-order valence-corrected chi connectivity index (χ1v) is 7.94. The van der Waals surface area contributed by atoms with Gasteiger partial charge in [-0.15, -0.1) is 0 Å². The molecule has 0 spiro atoms. The van der Waals surface area contributed by atoms with Gasteiger partial charge in [0.2, 0.25) is 17.7 Å². The lowest BCUT2D eigenvalue weighted by atomic mass is 9.61. The summed E-state index contributed by atoms with van der Waals surface area (Å²) >= 11 is 0. The highest BCUT2D eigenvalue weighted by Gasteiger charge is 2.66. The van der Waals surface area contributed by atoms with Gasteiger partial charge in [0, 0.05) is 6.54 Å². The number of fused-ring (bicyclic) bond motifs is 1. The minimum absolute atomic E-state index is 0.0511. The van der Waals surface area contributed by atoms with Crippen LogP contribution in [-0.2, 0) is 14.4 Å². The number of anilines is 1. The zero-order valence-corrected chi connectivity index (χ0v) is 13.1. The van der Waals surface area contributed by atoms with Gasteiger partial charge in [-0.25, -0.2) is 4.90 Å². The van der Waals surface area contributed by atoms with Gasteiger partial charge in [-0.05, 0) is 26.0 Å². The SMILES string of the molecule is CCN1C(=O)[C@]2(C)C=C[C@H]1[C@H]1C(=O)N(c3ccccc3)C(=O)[C@H]12. The van der Waals surface area contributed by atoms with Crippen molar-refractivity contribution in [2.45, 2.75) is 19.9 Å². The Morgan fingerprint density at radius 3 is 2.43 bits per heavy atom. The van der Waals surface area contributed by atoms with Gasteiger partial charge < -0.3 is 4.90 Å². The van der Waals surface area contributed by atoms with Crippen molar-refractivity contribution >= 4 is 23.4 Å². The molecule has 1 aliphatic carbocycles. The monoisotopic (exact) mass is 310 g/mol. The number of imide groups is 1. The lowest BCUT2D eigenvalue weighted by Crippen LogP contribution is -2.63. The summed E-state index contributed by atoms with van der Waals surface area (Å²) in [5.74, 6) is -1.58. The predicted octanol–water partition coefficient (Wildman–Crippen LogP) is 1.60. The van der Waals surface area contributed by atoms with E-state index in [1.165, 1.54) is 4.90 Å². The van der Waals surface area contributed by atoms with Crippen LogP contribution < -0.4 is 4.90 Å². The fourth-order valence-corrected chi connectivity index (χ4v) is 4.32. The molecule has 0 unspecified atom stereocenters. The Balaban J connectivity index is 1.84. The van der Waals surface area contributed by atoms with Crippen molar-refractivity contribution in [2.75, 3.05) is 11.4 Å². The number of benzene rings is 1. The number of nitrogens with zero attached hydrogens (tertiary/aromatic N) is 2. The number of likely N-dealkylation sites (N-methyl/N-ethyl adjacent to an activating group) is 1. The second-order valence-electron chi connectivity index (χ2n) is 6.57. The molecular weight excluding hydrogens is 292 g/mol. The highest BCUT2D eigenvalue weighted by Crippen LogP contribution is 2.53. The predicted molar refractivity (Wildman–Crippen MR) is 84.3 cm³/mol. The van der Waals surface area contributed by atoms with Crippen molar-refractivity contribution in [3.8, 4) is 0 Å². The summed E-state index contributed by atoms with van der Waals surface area (Å²) in [6, 6.07) is 8.64. The third-order valence-corrected chi connectivity index (χ3v) is 5.44. The van der Waals surface area contributed by atoms with E-state index in [2.05, 4.69) is 0 Å². The molecule has 1 aromatic carbocycles. The number of amides is 3. The molecule has 0 saturated carbocycles. The molecule has 5 rings (SSSR count). The number of carbonyl (C=O) groups is 3. The lowest BCUT2D eigenvalue weighted by Gasteiger charge is -2.51. The Labute approximate surface area is 134 Å². The van der Waals surface area contributed by atoms with Crippen LogP contribution in [0.2, 0.25) is 0 Å². The standard InChI is InChI=1S/C18H18N2O3/c1-3-19-12-9-10-18(2,17(19)23)14-13(12)15(21)20(16(14)22)11-7-5-4-6-8-11/h4-10,12-14H,3H2,1-2H3/t12-,13+,14-,18+/m0/s1. The summed E-state index contributed by atoms with van der Waals surface area (Å²) in [6.45, 7) is 4.22. The van der Waals surface area contributed by atoms with Gasteiger partial charge in [-0.3, -0.25) is 14.4 Å². The summed E-state index contributed by atoms with van der Waals surface area (Å²) in [6.07, 6.45) is 3.75. The summed E-state index contributed by atoms with van der Waals surface area (Å²) in [5.41, 5.74) is -0.346. The Bertz CT molecular complexity index is 742. The van der Waals surface area contributed by atoms with Crippen LogP contribution >= 0.6 is 0 Å². The van der Waals surface area contributed by atoms with Gasteiger partial charge >= 0.3 is 0 Å². The summed E-state index contributed by atoms with van der Waals surface area (Å²) in [5, 5.41) is 0. The van der Waals surface area contributed by atoms with E-state index in [0.29, 0.717) is 12.2 Å². The number of carbonyl (C=O) groups excluding carboxylic acids is 3. The van der Waals surface area contributed by atoms with Gasteiger partial charge in [0.1, 0.15) is 0 Å². The molecule has 0 radical (unpaired) electrons. The zero-order valence-electron chi connectivity index (χ0n) is 13.1. The topological polar surface area (TPSA) is 57.7 Å². The first-order chi connectivity index (χ1) is 11.0. The molecule has 4 atom stereocenters. The first kappa shape index (κ1) is 14.2. The molecule has 2 saturated heterocycles. The van der Waals surface area contributed by atoms with E-state index in [1.807, 2.05) is 25.1 Å². The van der Waals surface area contributed by atoms with Crippen molar-refractivity contribution in [3.05, 3.63) is 42.5 Å². The Kier molecular flexibility index (Phi) is 2.80. The average molecular weight is 310 g/mol. The van der Waals surface area contributed by atoms with E-state index in [1.54, 1.807) is 36.1 Å². The maximum Gasteiger partial charge on any atom is 0.240 e. The maximum atomic E-state index is 13.0. The summed E-state index contributed by atoms with van der Waals surface area (Å²) in [4.78, 5) is 41.7. The average Bonchev–Trinajstić information content (AvgIpc) is 2.83. The molecule has 0 N–H and O–H groups in total. The Hall–Kier alpha value is -2.43. The van der Waals surface area contributed by atoms with Crippen LogP contribution in [0.1, 0.15) is 13.8 Å². The van der Waals surface area contributed by atoms with Crippen molar-refractivity contribution in [3.63, 3.8) is 0 Å². The minimum Gasteiger partial charge on any atom is -0.335 e. The van der Waals surface area contributed by atoms with Gasteiger partial charge in [0.25, 0.3) is 0 Å². The highest BCUT2D eigenvalue weighted by molar-refractivity contribution is 6.24. The largest absolute Gasteiger partial charge is 0.335 e. The molecule has 3 heterocycles. The van der Waals surface area contributed by atoms with E-state index in [-0.39, 0.29) is 23.8 Å². The maximum absolute atomic E-state index is 13.0.